The van der Waals surface area contributed by atoms with E-state index in [9.17, 15) is 5.11 Å². The van der Waals surface area contributed by atoms with Crippen molar-refractivity contribution in [3.8, 4) is 11.6 Å². The van der Waals surface area contributed by atoms with Gasteiger partial charge in [-0.05, 0) is 36.8 Å². The van der Waals surface area contributed by atoms with E-state index in [1.807, 2.05) is 24.3 Å². The lowest BCUT2D eigenvalue weighted by molar-refractivity contribution is 0.198. The summed E-state index contributed by atoms with van der Waals surface area (Å²) in [5.74, 6) is 1.18. The number of nitrogens with zero attached hydrogens (tertiary/aromatic N) is 1. The SMILES string of the molecule is CC(O)c1ccnc(Oc2cccc(Br)c2)c1. The van der Waals surface area contributed by atoms with E-state index in [4.69, 9.17) is 4.74 Å². The summed E-state index contributed by atoms with van der Waals surface area (Å²) in [4.78, 5) is 4.10. The van der Waals surface area contributed by atoms with Crippen molar-refractivity contribution in [1.82, 2.24) is 4.98 Å². The average Bonchev–Trinajstić information content (AvgIpc) is 2.29. The minimum atomic E-state index is -0.525. The first-order valence-corrected chi connectivity index (χ1v) is 6.02. The Morgan fingerprint density at radius 1 is 1.29 bits per heavy atom. The molecule has 1 aromatic carbocycles. The zero-order valence-electron chi connectivity index (χ0n) is 9.30. The number of aliphatic hydroxyl groups is 1. The molecule has 1 N–H and O–H groups in total. The fourth-order valence-electron chi connectivity index (χ4n) is 1.39. The highest BCUT2D eigenvalue weighted by Gasteiger charge is 2.04. The van der Waals surface area contributed by atoms with Crippen LogP contribution in [0.1, 0.15) is 18.6 Å². The van der Waals surface area contributed by atoms with Crippen molar-refractivity contribution in [2.45, 2.75) is 13.0 Å². The molecule has 17 heavy (non-hydrogen) atoms. The molecule has 3 nitrogen and oxygen atoms in total. The summed E-state index contributed by atoms with van der Waals surface area (Å²) < 4.78 is 6.54. The predicted octanol–water partition coefficient (Wildman–Crippen LogP) is 3.69. The predicted molar refractivity (Wildman–Crippen MR) is 69.1 cm³/mol. The van der Waals surface area contributed by atoms with E-state index in [-0.39, 0.29) is 0 Å². The van der Waals surface area contributed by atoms with Crippen LogP contribution in [0.3, 0.4) is 0 Å². The van der Waals surface area contributed by atoms with Gasteiger partial charge in [-0.15, -0.1) is 0 Å². The smallest absolute Gasteiger partial charge is 0.219 e. The van der Waals surface area contributed by atoms with Crippen molar-refractivity contribution in [3.05, 3.63) is 52.6 Å². The first kappa shape index (κ1) is 12.1. The van der Waals surface area contributed by atoms with Crippen LogP contribution < -0.4 is 4.74 Å². The van der Waals surface area contributed by atoms with Crippen LogP contribution >= 0.6 is 15.9 Å². The normalized spacial score (nSPS) is 12.2. The van der Waals surface area contributed by atoms with E-state index < -0.39 is 6.10 Å². The Labute approximate surface area is 108 Å². The Kier molecular flexibility index (Phi) is 3.76. The molecular formula is C13H12BrNO2. The van der Waals surface area contributed by atoms with E-state index >= 15 is 0 Å². The molecule has 0 saturated heterocycles. The molecule has 0 amide bonds. The maximum Gasteiger partial charge on any atom is 0.219 e. The van der Waals surface area contributed by atoms with E-state index in [0.717, 1.165) is 10.0 Å². The van der Waals surface area contributed by atoms with Gasteiger partial charge >= 0.3 is 0 Å². The standard InChI is InChI=1S/C13H12BrNO2/c1-9(16)10-5-6-15-13(7-10)17-12-4-2-3-11(14)8-12/h2-9,16H,1H3. The largest absolute Gasteiger partial charge is 0.439 e. The van der Waals surface area contributed by atoms with E-state index in [2.05, 4.69) is 20.9 Å². The second kappa shape index (κ2) is 5.29. The lowest BCUT2D eigenvalue weighted by Crippen LogP contribution is -1.94. The van der Waals surface area contributed by atoms with Gasteiger partial charge < -0.3 is 9.84 Å². The van der Waals surface area contributed by atoms with Gasteiger partial charge in [-0.1, -0.05) is 22.0 Å². The number of aliphatic hydroxyl groups excluding tert-OH is 1. The monoisotopic (exact) mass is 293 g/mol. The van der Waals surface area contributed by atoms with Gasteiger partial charge in [0.1, 0.15) is 5.75 Å². The van der Waals surface area contributed by atoms with Crippen LogP contribution in [0.25, 0.3) is 0 Å². The summed E-state index contributed by atoms with van der Waals surface area (Å²) in [6.45, 7) is 1.71. The summed E-state index contributed by atoms with van der Waals surface area (Å²) in [7, 11) is 0. The lowest BCUT2D eigenvalue weighted by Gasteiger charge is -2.08. The van der Waals surface area contributed by atoms with E-state index in [1.54, 1.807) is 25.3 Å². The number of halogens is 1. The van der Waals surface area contributed by atoms with Crippen molar-refractivity contribution in [2.75, 3.05) is 0 Å². The topological polar surface area (TPSA) is 42.4 Å². The van der Waals surface area contributed by atoms with Gasteiger partial charge in [-0.2, -0.15) is 0 Å². The summed E-state index contributed by atoms with van der Waals surface area (Å²) in [6, 6.07) is 11.0. The van der Waals surface area contributed by atoms with Crippen LogP contribution in [0.5, 0.6) is 11.6 Å². The second-order valence-corrected chi connectivity index (χ2v) is 4.58. The number of ether oxygens (including phenoxy) is 1. The maximum atomic E-state index is 9.47. The van der Waals surface area contributed by atoms with Crippen molar-refractivity contribution >= 4 is 15.9 Å². The minimum Gasteiger partial charge on any atom is -0.439 e. The van der Waals surface area contributed by atoms with Gasteiger partial charge in [-0.3, -0.25) is 0 Å². The summed E-state index contributed by atoms with van der Waals surface area (Å²) in [5.41, 5.74) is 0.782. The number of pyridine rings is 1. The molecular weight excluding hydrogens is 282 g/mol. The first-order valence-electron chi connectivity index (χ1n) is 5.22. The second-order valence-electron chi connectivity index (χ2n) is 3.66. The molecule has 4 heteroatoms. The summed E-state index contributed by atoms with van der Waals surface area (Å²) in [6.07, 6.45) is 1.10. The fourth-order valence-corrected chi connectivity index (χ4v) is 1.77. The number of hydrogen-bond donors (Lipinski definition) is 1. The van der Waals surface area contributed by atoms with Crippen molar-refractivity contribution in [1.29, 1.82) is 0 Å². The fraction of sp³-hybridized carbons (Fsp3) is 0.154. The maximum absolute atomic E-state index is 9.47. The third kappa shape index (κ3) is 3.28. The van der Waals surface area contributed by atoms with Crippen LogP contribution in [-0.4, -0.2) is 10.1 Å². The third-order valence-corrected chi connectivity index (χ3v) is 2.75. The zero-order chi connectivity index (χ0) is 12.3. The zero-order valence-corrected chi connectivity index (χ0v) is 10.9. The molecule has 0 aliphatic carbocycles. The Morgan fingerprint density at radius 3 is 2.82 bits per heavy atom. The van der Waals surface area contributed by atoms with Gasteiger partial charge in [0, 0.05) is 16.7 Å². The molecule has 1 unspecified atom stereocenters. The van der Waals surface area contributed by atoms with Gasteiger partial charge in [0.25, 0.3) is 0 Å². The molecule has 1 heterocycles. The molecule has 0 radical (unpaired) electrons. The number of hydrogen-bond acceptors (Lipinski definition) is 3. The highest BCUT2D eigenvalue weighted by atomic mass is 79.9. The van der Waals surface area contributed by atoms with Crippen LogP contribution in [-0.2, 0) is 0 Å². The lowest BCUT2D eigenvalue weighted by atomic mass is 10.2. The molecule has 1 atom stereocenters. The molecule has 1 aromatic heterocycles. The van der Waals surface area contributed by atoms with Crippen molar-refractivity contribution in [2.24, 2.45) is 0 Å². The van der Waals surface area contributed by atoms with Gasteiger partial charge in [-0.25, -0.2) is 4.98 Å². The molecule has 2 aromatic rings. The molecule has 0 aliphatic rings. The highest BCUT2D eigenvalue weighted by molar-refractivity contribution is 9.10. The van der Waals surface area contributed by atoms with Gasteiger partial charge in [0.05, 0.1) is 6.10 Å². The van der Waals surface area contributed by atoms with Gasteiger partial charge in [0.2, 0.25) is 5.88 Å². The van der Waals surface area contributed by atoms with Crippen molar-refractivity contribution in [3.63, 3.8) is 0 Å². The number of rotatable bonds is 3. The number of aromatic nitrogens is 1. The third-order valence-electron chi connectivity index (χ3n) is 2.26. The van der Waals surface area contributed by atoms with Crippen molar-refractivity contribution < 1.29 is 9.84 Å². The molecule has 0 aliphatic heterocycles. The van der Waals surface area contributed by atoms with Crippen LogP contribution in [0.4, 0.5) is 0 Å². The Morgan fingerprint density at radius 2 is 2.12 bits per heavy atom. The minimum absolute atomic E-state index is 0.474. The molecule has 0 spiro atoms. The van der Waals surface area contributed by atoms with E-state index in [0.29, 0.717) is 11.6 Å². The Hall–Kier alpha value is -1.39. The molecule has 2 rings (SSSR count). The summed E-state index contributed by atoms with van der Waals surface area (Å²) in [5, 5.41) is 9.47. The molecule has 0 saturated carbocycles. The Bertz CT molecular complexity index is 514. The van der Waals surface area contributed by atoms with Gasteiger partial charge in [0.15, 0.2) is 0 Å². The summed E-state index contributed by atoms with van der Waals surface area (Å²) >= 11 is 3.37. The molecule has 0 fully saturated rings. The Balaban J connectivity index is 2.21. The first-order chi connectivity index (χ1) is 8.15. The molecule has 0 bridgehead atoms. The van der Waals surface area contributed by atoms with Crippen LogP contribution in [0.2, 0.25) is 0 Å². The number of benzene rings is 1. The van der Waals surface area contributed by atoms with Crippen LogP contribution in [0, 0.1) is 0 Å². The highest BCUT2D eigenvalue weighted by Crippen LogP contribution is 2.24. The average molecular weight is 294 g/mol. The molecule has 88 valence electrons. The van der Waals surface area contributed by atoms with Crippen LogP contribution in [0.15, 0.2) is 47.1 Å². The van der Waals surface area contributed by atoms with E-state index in [1.165, 1.54) is 0 Å². The quantitative estimate of drug-likeness (QED) is 0.938.